The van der Waals surface area contributed by atoms with Gasteiger partial charge in [0.1, 0.15) is 11.5 Å². The second kappa shape index (κ2) is 4.29. The molecule has 0 unspecified atom stereocenters. The van der Waals surface area contributed by atoms with Crippen molar-refractivity contribution in [2.75, 3.05) is 5.32 Å². The Morgan fingerprint density at radius 3 is 2.78 bits per heavy atom. The fourth-order valence-corrected chi connectivity index (χ4v) is 1.70. The normalized spacial score (nSPS) is 10.4. The van der Waals surface area contributed by atoms with E-state index in [-0.39, 0.29) is 5.91 Å². The lowest BCUT2D eigenvalue weighted by atomic mass is 10.3. The van der Waals surface area contributed by atoms with Crippen LogP contribution in [-0.4, -0.2) is 20.9 Å². The van der Waals surface area contributed by atoms with E-state index >= 15 is 0 Å². The van der Waals surface area contributed by atoms with Crippen LogP contribution in [0.15, 0.2) is 48.8 Å². The quantitative estimate of drug-likeness (QED) is 0.719. The number of nitrogens with zero attached hydrogens (tertiary/aromatic N) is 2. The summed E-state index contributed by atoms with van der Waals surface area (Å²) in [4.78, 5) is 23.2. The van der Waals surface area contributed by atoms with Crippen LogP contribution in [0, 0.1) is 0 Å². The van der Waals surface area contributed by atoms with Gasteiger partial charge < -0.3 is 10.3 Å². The summed E-state index contributed by atoms with van der Waals surface area (Å²) in [7, 11) is 0. The van der Waals surface area contributed by atoms with Crippen molar-refractivity contribution >= 4 is 22.8 Å². The molecule has 3 rings (SSSR count). The van der Waals surface area contributed by atoms with Crippen molar-refractivity contribution in [2.24, 2.45) is 0 Å². The fourth-order valence-electron chi connectivity index (χ4n) is 1.70. The number of carbonyl (C=O) groups is 1. The van der Waals surface area contributed by atoms with Gasteiger partial charge in [-0.15, -0.1) is 0 Å². The molecule has 0 fully saturated rings. The molecule has 88 valence electrons. The summed E-state index contributed by atoms with van der Waals surface area (Å²) in [6.45, 7) is 0. The van der Waals surface area contributed by atoms with Crippen LogP contribution in [0.1, 0.15) is 10.5 Å². The molecule has 0 radical (unpaired) electrons. The molecule has 5 heteroatoms. The number of fused-ring (bicyclic) bond motifs is 1. The highest BCUT2D eigenvalue weighted by Crippen LogP contribution is 2.13. The SMILES string of the molecule is O=C(Nc1ccccn1)c1cc2ncccc2[nH]1. The Bertz CT molecular complexity index is 657. The Morgan fingerprint density at radius 1 is 1.11 bits per heavy atom. The molecule has 0 aliphatic heterocycles. The number of hydrogen-bond acceptors (Lipinski definition) is 3. The largest absolute Gasteiger partial charge is 0.349 e. The molecular formula is C13H10N4O. The van der Waals surface area contributed by atoms with E-state index < -0.39 is 0 Å². The van der Waals surface area contributed by atoms with E-state index in [0.717, 1.165) is 11.0 Å². The van der Waals surface area contributed by atoms with E-state index in [1.54, 1.807) is 30.6 Å². The maximum Gasteiger partial charge on any atom is 0.273 e. The minimum absolute atomic E-state index is 0.230. The molecule has 1 amide bonds. The van der Waals surface area contributed by atoms with Crippen LogP contribution in [0.3, 0.4) is 0 Å². The van der Waals surface area contributed by atoms with Gasteiger partial charge in [-0.1, -0.05) is 6.07 Å². The maximum atomic E-state index is 12.0. The predicted molar refractivity (Wildman–Crippen MR) is 68.3 cm³/mol. The van der Waals surface area contributed by atoms with Crippen molar-refractivity contribution < 1.29 is 4.79 Å². The zero-order valence-electron chi connectivity index (χ0n) is 9.42. The van der Waals surface area contributed by atoms with Crippen LogP contribution in [-0.2, 0) is 0 Å². The molecule has 0 aromatic carbocycles. The Kier molecular flexibility index (Phi) is 2.49. The molecule has 2 N–H and O–H groups in total. The predicted octanol–water partition coefficient (Wildman–Crippen LogP) is 2.21. The molecule has 0 atom stereocenters. The number of anilines is 1. The number of pyridine rings is 2. The van der Waals surface area contributed by atoms with Gasteiger partial charge in [0.2, 0.25) is 0 Å². The Balaban J connectivity index is 1.88. The molecule has 0 aliphatic carbocycles. The molecular weight excluding hydrogens is 228 g/mol. The highest BCUT2D eigenvalue weighted by atomic mass is 16.1. The first kappa shape index (κ1) is 10.5. The standard InChI is InChI=1S/C13H10N4O/c18-13(17-12-5-1-2-6-15-12)11-8-10-9(16-11)4-3-7-14-10/h1-8,16H,(H,15,17,18). The first-order valence-corrected chi connectivity index (χ1v) is 5.49. The van der Waals surface area contributed by atoms with E-state index in [2.05, 4.69) is 20.3 Å². The number of hydrogen-bond donors (Lipinski definition) is 2. The fraction of sp³-hybridized carbons (Fsp3) is 0. The van der Waals surface area contributed by atoms with E-state index in [1.807, 2.05) is 18.2 Å². The minimum Gasteiger partial charge on any atom is -0.349 e. The number of rotatable bonds is 2. The van der Waals surface area contributed by atoms with Crippen LogP contribution in [0.4, 0.5) is 5.82 Å². The zero-order valence-corrected chi connectivity index (χ0v) is 9.42. The van der Waals surface area contributed by atoms with Crippen molar-refractivity contribution in [3.8, 4) is 0 Å². The summed E-state index contributed by atoms with van der Waals surface area (Å²) < 4.78 is 0. The van der Waals surface area contributed by atoms with E-state index in [4.69, 9.17) is 0 Å². The van der Waals surface area contributed by atoms with Crippen molar-refractivity contribution in [1.82, 2.24) is 15.0 Å². The number of H-pyrrole nitrogens is 1. The molecule has 0 saturated heterocycles. The van der Waals surface area contributed by atoms with Crippen molar-refractivity contribution in [2.45, 2.75) is 0 Å². The summed E-state index contributed by atoms with van der Waals surface area (Å²) in [6, 6.07) is 10.8. The van der Waals surface area contributed by atoms with Crippen LogP contribution in [0.25, 0.3) is 11.0 Å². The van der Waals surface area contributed by atoms with Gasteiger partial charge in [0, 0.05) is 12.4 Å². The van der Waals surface area contributed by atoms with E-state index in [0.29, 0.717) is 11.5 Å². The molecule has 0 aliphatic rings. The van der Waals surface area contributed by atoms with E-state index in [1.165, 1.54) is 0 Å². The smallest absolute Gasteiger partial charge is 0.273 e. The minimum atomic E-state index is -0.230. The van der Waals surface area contributed by atoms with E-state index in [9.17, 15) is 4.79 Å². The third-order valence-electron chi connectivity index (χ3n) is 2.54. The second-order valence-corrected chi connectivity index (χ2v) is 3.79. The zero-order chi connectivity index (χ0) is 12.4. The molecule has 5 nitrogen and oxygen atoms in total. The highest BCUT2D eigenvalue weighted by molar-refractivity contribution is 6.04. The third-order valence-corrected chi connectivity index (χ3v) is 2.54. The maximum absolute atomic E-state index is 12.0. The number of carbonyl (C=O) groups excluding carboxylic acids is 1. The first-order chi connectivity index (χ1) is 8.83. The van der Waals surface area contributed by atoms with Crippen molar-refractivity contribution in [3.05, 3.63) is 54.5 Å². The molecule has 3 aromatic rings. The number of amides is 1. The monoisotopic (exact) mass is 238 g/mol. The summed E-state index contributed by atoms with van der Waals surface area (Å²) >= 11 is 0. The molecule has 0 spiro atoms. The summed E-state index contributed by atoms with van der Waals surface area (Å²) in [5.41, 5.74) is 2.07. The van der Waals surface area contributed by atoms with Crippen molar-refractivity contribution in [3.63, 3.8) is 0 Å². The van der Waals surface area contributed by atoms with Crippen LogP contribution in [0.2, 0.25) is 0 Å². The average Bonchev–Trinajstić information content (AvgIpc) is 2.84. The second-order valence-electron chi connectivity index (χ2n) is 3.79. The van der Waals surface area contributed by atoms with Crippen molar-refractivity contribution in [1.29, 1.82) is 0 Å². The first-order valence-electron chi connectivity index (χ1n) is 5.49. The van der Waals surface area contributed by atoms with Crippen LogP contribution >= 0.6 is 0 Å². The molecule has 0 bridgehead atoms. The van der Waals surface area contributed by atoms with Crippen LogP contribution < -0.4 is 5.32 Å². The lowest BCUT2D eigenvalue weighted by Crippen LogP contribution is -2.12. The lowest BCUT2D eigenvalue weighted by molar-refractivity contribution is 0.102. The topological polar surface area (TPSA) is 70.7 Å². The number of aromatic nitrogens is 3. The molecule has 18 heavy (non-hydrogen) atoms. The molecule has 3 heterocycles. The third kappa shape index (κ3) is 1.93. The van der Waals surface area contributed by atoms with Gasteiger partial charge in [-0.25, -0.2) is 4.98 Å². The number of nitrogens with one attached hydrogen (secondary N) is 2. The van der Waals surface area contributed by atoms with Gasteiger partial charge in [-0.3, -0.25) is 9.78 Å². The lowest BCUT2D eigenvalue weighted by Gasteiger charge is -2.01. The van der Waals surface area contributed by atoms with Gasteiger partial charge in [0.05, 0.1) is 11.0 Å². The van der Waals surface area contributed by atoms with Gasteiger partial charge in [-0.2, -0.15) is 0 Å². The summed E-state index contributed by atoms with van der Waals surface area (Å²) in [5, 5.41) is 2.71. The van der Waals surface area contributed by atoms with Crippen LogP contribution in [0.5, 0.6) is 0 Å². The summed E-state index contributed by atoms with van der Waals surface area (Å²) in [6.07, 6.45) is 3.32. The van der Waals surface area contributed by atoms with Gasteiger partial charge in [0.25, 0.3) is 5.91 Å². The Morgan fingerprint density at radius 2 is 2.00 bits per heavy atom. The molecule has 0 saturated carbocycles. The van der Waals surface area contributed by atoms with Gasteiger partial charge >= 0.3 is 0 Å². The number of aromatic amines is 1. The average molecular weight is 238 g/mol. The Labute approximate surface area is 103 Å². The summed E-state index contributed by atoms with van der Waals surface area (Å²) in [5.74, 6) is 0.292. The van der Waals surface area contributed by atoms with Gasteiger partial charge in [0.15, 0.2) is 0 Å². The highest BCUT2D eigenvalue weighted by Gasteiger charge is 2.10. The Hall–Kier alpha value is -2.69. The van der Waals surface area contributed by atoms with Gasteiger partial charge in [-0.05, 0) is 30.3 Å². The molecule has 3 aromatic heterocycles.